The van der Waals surface area contributed by atoms with Crippen LogP contribution < -0.4 is 5.32 Å². The second kappa shape index (κ2) is 4.92. The van der Waals surface area contributed by atoms with Crippen LogP contribution in [0.15, 0.2) is 12.1 Å². The molecule has 2 atom stereocenters. The standard InChI is InChI=1S/C12H11F4NO.ClH/c13-9-5-7-6(3-8(9)12(14,15)16)4-10-11(7)17-1-2-18-10;/h3,5,10-11,17H,1-2,4H2;1H/t10-,11+;/m1./s1. The summed E-state index contributed by atoms with van der Waals surface area (Å²) in [5.41, 5.74) is -0.0850. The van der Waals surface area contributed by atoms with Crippen molar-refractivity contribution in [3.05, 3.63) is 34.6 Å². The zero-order chi connectivity index (χ0) is 12.9. The molecule has 1 aliphatic carbocycles. The van der Waals surface area contributed by atoms with Gasteiger partial charge in [-0.3, -0.25) is 0 Å². The summed E-state index contributed by atoms with van der Waals surface area (Å²) in [6.07, 6.45) is -4.44. The van der Waals surface area contributed by atoms with Gasteiger partial charge >= 0.3 is 6.18 Å². The highest BCUT2D eigenvalue weighted by atomic mass is 35.5. The van der Waals surface area contributed by atoms with Crippen molar-refractivity contribution < 1.29 is 22.3 Å². The summed E-state index contributed by atoms with van der Waals surface area (Å²) in [5.74, 6) is -1.21. The number of benzene rings is 1. The van der Waals surface area contributed by atoms with Crippen molar-refractivity contribution in [3.63, 3.8) is 0 Å². The van der Waals surface area contributed by atoms with Gasteiger partial charge in [0.1, 0.15) is 5.82 Å². The van der Waals surface area contributed by atoms with E-state index in [-0.39, 0.29) is 24.6 Å². The molecular weight excluding hydrogens is 286 g/mol. The van der Waals surface area contributed by atoms with Crippen LogP contribution in [-0.4, -0.2) is 19.3 Å². The van der Waals surface area contributed by atoms with Gasteiger partial charge in [-0.15, -0.1) is 12.4 Å². The van der Waals surface area contributed by atoms with Crippen molar-refractivity contribution >= 4 is 12.4 Å². The average molecular weight is 298 g/mol. The lowest BCUT2D eigenvalue weighted by molar-refractivity contribution is -0.140. The molecule has 19 heavy (non-hydrogen) atoms. The van der Waals surface area contributed by atoms with Gasteiger partial charge in [-0.1, -0.05) is 0 Å². The Hall–Kier alpha value is -0.850. The summed E-state index contributed by atoms with van der Waals surface area (Å²) < 4.78 is 56.8. The highest BCUT2D eigenvalue weighted by Crippen LogP contribution is 2.40. The zero-order valence-corrected chi connectivity index (χ0v) is 10.6. The molecule has 0 spiro atoms. The number of alkyl halides is 3. The van der Waals surface area contributed by atoms with E-state index < -0.39 is 17.6 Å². The number of halogens is 5. The Morgan fingerprint density at radius 2 is 2.00 bits per heavy atom. The van der Waals surface area contributed by atoms with E-state index in [9.17, 15) is 17.6 Å². The van der Waals surface area contributed by atoms with Crippen LogP contribution in [0.3, 0.4) is 0 Å². The maximum atomic E-state index is 13.5. The molecule has 0 bridgehead atoms. The van der Waals surface area contributed by atoms with E-state index in [2.05, 4.69) is 5.32 Å². The van der Waals surface area contributed by atoms with E-state index in [0.717, 1.165) is 12.1 Å². The minimum Gasteiger partial charge on any atom is -0.375 e. The summed E-state index contributed by atoms with van der Waals surface area (Å²) in [6, 6.07) is 1.71. The van der Waals surface area contributed by atoms with Crippen LogP contribution in [0.4, 0.5) is 17.6 Å². The number of hydrogen-bond donors (Lipinski definition) is 1. The first-order valence-corrected chi connectivity index (χ1v) is 5.71. The molecule has 0 unspecified atom stereocenters. The van der Waals surface area contributed by atoms with E-state index in [0.29, 0.717) is 30.7 Å². The molecule has 0 saturated carbocycles. The third-order valence-electron chi connectivity index (χ3n) is 3.46. The molecule has 1 aliphatic heterocycles. The van der Waals surface area contributed by atoms with E-state index in [1.807, 2.05) is 0 Å². The quantitative estimate of drug-likeness (QED) is 0.744. The maximum Gasteiger partial charge on any atom is 0.419 e. The van der Waals surface area contributed by atoms with Crippen molar-refractivity contribution in [2.75, 3.05) is 13.2 Å². The summed E-state index contributed by atoms with van der Waals surface area (Å²) in [7, 11) is 0. The van der Waals surface area contributed by atoms with Crippen molar-refractivity contribution in [1.82, 2.24) is 5.32 Å². The van der Waals surface area contributed by atoms with Crippen molar-refractivity contribution in [2.24, 2.45) is 0 Å². The Balaban J connectivity index is 0.00000133. The fourth-order valence-electron chi connectivity index (χ4n) is 2.67. The molecule has 1 N–H and O–H groups in total. The molecule has 3 rings (SSSR count). The first-order valence-electron chi connectivity index (χ1n) is 5.71. The highest BCUT2D eigenvalue weighted by molar-refractivity contribution is 5.85. The molecule has 1 heterocycles. The lowest BCUT2D eigenvalue weighted by Crippen LogP contribution is -2.39. The molecule has 7 heteroatoms. The van der Waals surface area contributed by atoms with Gasteiger partial charge in [0, 0.05) is 13.0 Å². The molecule has 0 aromatic heterocycles. The molecule has 2 aliphatic rings. The summed E-state index contributed by atoms with van der Waals surface area (Å²) >= 11 is 0. The lowest BCUT2D eigenvalue weighted by Gasteiger charge is -2.27. The molecule has 1 aromatic rings. The SMILES string of the molecule is Cl.Fc1cc2c(cc1C(F)(F)F)C[C@H]1OCCN[C@@H]21. The summed E-state index contributed by atoms with van der Waals surface area (Å²) in [6.45, 7) is 1.16. The number of hydrogen-bond acceptors (Lipinski definition) is 2. The molecule has 1 saturated heterocycles. The maximum absolute atomic E-state index is 13.5. The number of rotatable bonds is 0. The minimum atomic E-state index is -4.65. The fourth-order valence-corrected chi connectivity index (χ4v) is 2.67. The van der Waals surface area contributed by atoms with Crippen molar-refractivity contribution in [3.8, 4) is 0 Å². The average Bonchev–Trinajstić information content (AvgIpc) is 2.65. The predicted molar refractivity (Wildman–Crippen MR) is 62.8 cm³/mol. The van der Waals surface area contributed by atoms with E-state index in [1.165, 1.54) is 0 Å². The van der Waals surface area contributed by atoms with Gasteiger partial charge < -0.3 is 10.1 Å². The van der Waals surface area contributed by atoms with Gasteiger partial charge in [0.05, 0.1) is 24.3 Å². The topological polar surface area (TPSA) is 21.3 Å². The normalized spacial score (nSPS) is 25.5. The van der Waals surface area contributed by atoms with Gasteiger partial charge in [-0.2, -0.15) is 13.2 Å². The Bertz CT molecular complexity index is 491. The second-order valence-electron chi connectivity index (χ2n) is 4.57. The first kappa shape index (κ1) is 14.6. The van der Waals surface area contributed by atoms with Crippen molar-refractivity contribution in [2.45, 2.75) is 24.7 Å². The molecular formula is C12H12ClF4NO. The smallest absolute Gasteiger partial charge is 0.375 e. The predicted octanol–water partition coefficient (Wildman–Crippen LogP) is 2.85. The number of fused-ring (bicyclic) bond motifs is 3. The monoisotopic (exact) mass is 297 g/mol. The van der Waals surface area contributed by atoms with Gasteiger partial charge in [0.25, 0.3) is 0 Å². The van der Waals surface area contributed by atoms with Gasteiger partial charge in [0.2, 0.25) is 0 Å². The Morgan fingerprint density at radius 3 is 2.68 bits per heavy atom. The van der Waals surface area contributed by atoms with Crippen molar-refractivity contribution in [1.29, 1.82) is 0 Å². The van der Waals surface area contributed by atoms with Crippen LogP contribution in [0.5, 0.6) is 0 Å². The number of nitrogens with one attached hydrogen (secondary N) is 1. The van der Waals surface area contributed by atoms with Crippen LogP contribution in [0.2, 0.25) is 0 Å². The fraction of sp³-hybridized carbons (Fsp3) is 0.500. The van der Waals surface area contributed by atoms with E-state index >= 15 is 0 Å². The van der Waals surface area contributed by atoms with E-state index in [1.54, 1.807) is 0 Å². The van der Waals surface area contributed by atoms with Crippen LogP contribution >= 0.6 is 12.4 Å². The van der Waals surface area contributed by atoms with Gasteiger partial charge in [0.15, 0.2) is 0 Å². The molecule has 1 fully saturated rings. The molecule has 106 valence electrons. The minimum absolute atomic E-state index is 0. The summed E-state index contributed by atoms with van der Waals surface area (Å²) in [5, 5.41) is 3.15. The third kappa shape index (κ3) is 2.44. The Morgan fingerprint density at radius 1 is 1.26 bits per heavy atom. The number of morpholine rings is 1. The molecule has 0 amide bonds. The number of ether oxygens (including phenoxy) is 1. The molecule has 2 nitrogen and oxygen atoms in total. The van der Waals surface area contributed by atoms with Crippen LogP contribution in [0, 0.1) is 5.82 Å². The van der Waals surface area contributed by atoms with Gasteiger partial charge in [-0.25, -0.2) is 4.39 Å². The largest absolute Gasteiger partial charge is 0.419 e. The Kier molecular flexibility index (Phi) is 3.77. The summed E-state index contributed by atoms with van der Waals surface area (Å²) in [4.78, 5) is 0. The van der Waals surface area contributed by atoms with Crippen LogP contribution in [0.1, 0.15) is 22.7 Å². The van der Waals surface area contributed by atoms with E-state index in [4.69, 9.17) is 4.74 Å². The molecule has 1 aromatic carbocycles. The highest BCUT2D eigenvalue weighted by Gasteiger charge is 2.40. The van der Waals surface area contributed by atoms with Gasteiger partial charge in [-0.05, 0) is 23.3 Å². The second-order valence-corrected chi connectivity index (χ2v) is 4.57. The zero-order valence-electron chi connectivity index (χ0n) is 9.76. The third-order valence-corrected chi connectivity index (χ3v) is 3.46. The Labute approximate surface area is 113 Å². The first-order chi connectivity index (χ1) is 8.47. The molecule has 0 radical (unpaired) electrons. The lowest BCUT2D eigenvalue weighted by atomic mass is 10.0. The van der Waals surface area contributed by atoms with Crippen LogP contribution in [0.25, 0.3) is 0 Å². The van der Waals surface area contributed by atoms with Crippen LogP contribution in [-0.2, 0) is 17.3 Å².